The first kappa shape index (κ1) is 10.5. The molecule has 6 heteroatoms. The van der Waals surface area contributed by atoms with Crippen LogP contribution in [0.15, 0.2) is 22.7 Å². The molecule has 0 aliphatic heterocycles. The zero-order valence-corrected chi connectivity index (χ0v) is 10.5. The second-order valence-electron chi connectivity index (χ2n) is 3.09. The van der Waals surface area contributed by atoms with Crippen molar-refractivity contribution in [1.29, 1.82) is 0 Å². The third-order valence-electron chi connectivity index (χ3n) is 2.04. The Kier molecular flexibility index (Phi) is 3.27. The Labute approximate surface area is 100 Å². The summed E-state index contributed by atoms with van der Waals surface area (Å²) in [6, 6.07) is 6.21. The molecule has 1 heterocycles. The zero-order chi connectivity index (χ0) is 10.7. The van der Waals surface area contributed by atoms with E-state index in [1.807, 2.05) is 6.07 Å². The molecule has 1 aromatic carbocycles. The molecule has 2 rings (SSSR count). The van der Waals surface area contributed by atoms with Gasteiger partial charge in [0, 0.05) is 22.5 Å². The predicted octanol–water partition coefficient (Wildman–Crippen LogP) is 2.62. The highest BCUT2D eigenvalue weighted by Crippen LogP contribution is 2.17. The molecule has 0 atom stereocenters. The van der Waals surface area contributed by atoms with E-state index in [1.54, 1.807) is 0 Å². The molecular weight excluding hydrogens is 276 g/mol. The first-order valence-electron chi connectivity index (χ1n) is 4.39. The third kappa shape index (κ3) is 2.73. The summed E-state index contributed by atoms with van der Waals surface area (Å²) in [6.45, 7) is 2.82. The van der Waals surface area contributed by atoms with Gasteiger partial charge in [0.2, 0.25) is 5.13 Å². The van der Waals surface area contributed by atoms with Crippen molar-refractivity contribution in [2.45, 2.75) is 13.5 Å². The number of rotatable bonds is 3. The van der Waals surface area contributed by atoms with Crippen LogP contribution in [0.25, 0.3) is 0 Å². The molecule has 78 valence electrons. The maximum absolute atomic E-state index is 3.82. The van der Waals surface area contributed by atoms with Crippen molar-refractivity contribution in [3.05, 3.63) is 33.8 Å². The molecule has 0 saturated carbocycles. The molecule has 1 aromatic heterocycles. The van der Waals surface area contributed by atoms with Crippen LogP contribution in [0.2, 0.25) is 0 Å². The fourth-order valence-electron chi connectivity index (χ4n) is 1.20. The third-order valence-corrected chi connectivity index (χ3v) is 3.09. The summed E-state index contributed by atoms with van der Waals surface area (Å²) in [5.41, 5.74) is 2.49. The summed E-state index contributed by atoms with van der Waals surface area (Å²) in [5.74, 6) is 0. The maximum Gasteiger partial charge on any atom is 0.225 e. The van der Waals surface area contributed by atoms with Gasteiger partial charge in [-0.3, -0.25) is 0 Å². The van der Waals surface area contributed by atoms with Crippen LogP contribution >= 0.6 is 27.5 Å². The fraction of sp³-hybridized carbons (Fsp3) is 0.222. The van der Waals surface area contributed by atoms with Crippen LogP contribution in [0.4, 0.5) is 5.13 Å². The van der Waals surface area contributed by atoms with Gasteiger partial charge in [-0.25, -0.2) is 0 Å². The van der Waals surface area contributed by atoms with E-state index in [9.17, 15) is 0 Å². The number of nitrogens with one attached hydrogen (secondary N) is 1. The minimum Gasteiger partial charge on any atom is -0.355 e. The minimum atomic E-state index is 0.738. The summed E-state index contributed by atoms with van der Waals surface area (Å²) in [7, 11) is 0. The average molecular weight is 285 g/mol. The SMILES string of the molecule is Cc1ccc(Br)cc1CNc1nnns1. The highest BCUT2D eigenvalue weighted by Gasteiger charge is 2.01. The number of halogens is 1. The summed E-state index contributed by atoms with van der Waals surface area (Å²) in [6.07, 6.45) is 0. The Bertz CT molecular complexity index is 443. The van der Waals surface area contributed by atoms with Crippen molar-refractivity contribution in [3.8, 4) is 0 Å². The van der Waals surface area contributed by atoms with Gasteiger partial charge in [-0.2, -0.15) is 0 Å². The second kappa shape index (κ2) is 4.67. The van der Waals surface area contributed by atoms with E-state index >= 15 is 0 Å². The molecule has 15 heavy (non-hydrogen) atoms. The second-order valence-corrected chi connectivity index (χ2v) is 4.74. The molecule has 0 aliphatic carbocycles. The van der Waals surface area contributed by atoms with Gasteiger partial charge in [-0.05, 0) is 35.4 Å². The van der Waals surface area contributed by atoms with Crippen LogP contribution in [0, 0.1) is 6.92 Å². The van der Waals surface area contributed by atoms with Gasteiger partial charge >= 0.3 is 0 Å². The van der Waals surface area contributed by atoms with Crippen LogP contribution in [0.5, 0.6) is 0 Å². The first-order chi connectivity index (χ1) is 7.25. The standard InChI is InChI=1S/C9H9BrN4S/c1-6-2-3-8(10)4-7(6)5-11-9-12-13-14-15-9/h2-4H,5H2,1H3,(H,11,12,14). The van der Waals surface area contributed by atoms with Gasteiger partial charge in [0.05, 0.1) is 0 Å². The van der Waals surface area contributed by atoms with Gasteiger partial charge in [-0.15, -0.1) is 0 Å². The molecule has 0 saturated heterocycles. The lowest BCUT2D eigenvalue weighted by atomic mass is 10.1. The number of anilines is 1. The number of hydrogen-bond acceptors (Lipinski definition) is 5. The van der Waals surface area contributed by atoms with E-state index in [2.05, 4.69) is 55.1 Å². The highest BCUT2D eigenvalue weighted by atomic mass is 79.9. The van der Waals surface area contributed by atoms with Crippen LogP contribution < -0.4 is 5.32 Å². The van der Waals surface area contributed by atoms with E-state index in [-0.39, 0.29) is 0 Å². The lowest BCUT2D eigenvalue weighted by molar-refractivity contribution is 0.949. The largest absolute Gasteiger partial charge is 0.355 e. The molecule has 0 fully saturated rings. The lowest BCUT2D eigenvalue weighted by Gasteiger charge is -2.06. The van der Waals surface area contributed by atoms with Crippen molar-refractivity contribution in [2.75, 3.05) is 5.32 Å². The van der Waals surface area contributed by atoms with Crippen LogP contribution in [0.1, 0.15) is 11.1 Å². The summed E-state index contributed by atoms with van der Waals surface area (Å²) >= 11 is 4.71. The Balaban J connectivity index is 2.07. The van der Waals surface area contributed by atoms with Crippen molar-refractivity contribution >= 4 is 32.6 Å². The summed E-state index contributed by atoms with van der Waals surface area (Å²) < 4.78 is 4.77. The minimum absolute atomic E-state index is 0.738. The monoisotopic (exact) mass is 284 g/mol. The molecule has 0 unspecified atom stereocenters. The number of hydrogen-bond donors (Lipinski definition) is 1. The van der Waals surface area contributed by atoms with Crippen molar-refractivity contribution in [3.63, 3.8) is 0 Å². The number of nitrogens with zero attached hydrogens (tertiary/aromatic N) is 3. The molecule has 1 N–H and O–H groups in total. The normalized spacial score (nSPS) is 10.3. The number of aryl methyl sites for hydroxylation is 1. The molecule has 0 radical (unpaired) electrons. The fourth-order valence-corrected chi connectivity index (χ4v) is 1.97. The van der Waals surface area contributed by atoms with Gasteiger partial charge in [0.25, 0.3) is 0 Å². The quantitative estimate of drug-likeness (QED) is 0.941. The van der Waals surface area contributed by atoms with Gasteiger partial charge in [0.1, 0.15) is 0 Å². The van der Waals surface area contributed by atoms with Crippen molar-refractivity contribution in [2.24, 2.45) is 0 Å². The summed E-state index contributed by atoms with van der Waals surface area (Å²) in [4.78, 5) is 0. The predicted molar refractivity (Wildman–Crippen MR) is 63.9 cm³/mol. The van der Waals surface area contributed by atoms with E-state index < -0.39 is 0 Å². The average Bonchev–Trinajstić information content (AvgIpc) is 2.72. The van der Waals surface area contributed by atoms with E-state index in [0.29, 0.717) is 0 Å². The van der Waals surface area contributed by atoms with Gasteiger partial charge in [-0.1, -0.05) is 31.6 Å². The van der Waals surface area contributed by atoms with E-state index in [4.69, 9.17) is 0 Å². The Morgan fingerprint density at radius 3 is 3.07 bits per heavy atom. The Morgan fingerprint density at radius 1 is 1.47 bits per heavy atom. The van der Waals surface area contributed by atoms with E-state index in [1.165, 1.54) is 22.7 Å². The molecular formula is C9H9BrN4S. The summed E-state index contributed by atoms with van der Waals surface area (Å²) in [5, 5.41) is 11.3. The number of benzene rings is 1. The first-order valence-corrected chi connectivity index (χ1v) is 5.96. The van der Waals surface area contributed by atoms with Crippen LogP contribution in [-0.4, -0.2) is 14.8 Å². The molecule has 0 aliphatic rings. The Morgan fingerprint density at radius 2 is 2.33 bits per heavy atom. The zero-order valence-electron chi connectivity index (χ0n) is 8.07. The lowest BCUT2D eigenvalue weighted by Crippen LogP contribution is -2.00. The molecule has 2 aromatic rings. The Hall–Kier alpha value is -1.01. The van der Waals surface area contributed by atoms with Crippen molar-refractivity contribution in [1.82, 2.24) is 14.8 Å². The van der Waals surface area contributed by atoms with E-state index in [0.717, 1.165) is 16.1 Å². The van der Waals surface area contributed by atoms with Crippen molar-refractivity contribution < 1.29 is 0 Å². The van der Waals surface area contributed by atoms with Gasteiger partial charge in [0.15, 0.2) is 0 Å². The highest BCUT2D eigenvalue weighted by molar-refractivity contribution is 9.10. The van der Waals surface area contributed by atoms with Crippen LogP contribution in [-0.2, 0) is 6.54 Å². The topological polar surface area (TPSA) is 50.7 Å². The molecule has 0 bridgehead atoms. The molecule has 0 spiro atoms. The van der Waals surface area contributed by atoms with Crippen LogP contribution in [0.3, 0.4) is 0 Å². The molecule has 4 nitrogen and oxygen atoms in total. The van der Waals surface area contributed by atoms with Gasteiger partial charge < -0.3 is 5.32 Å². The smallest absolute Gasteiger partial charge is 0.225 e. The number of aromatic nitrogens is 3. The maximum atomic E-state index is 3.82. The molecule has 0 amide bonds.